The molecule has 4 nitrogen and oxygen atoms in total. The van der Waals surface area contributed by atoms with Gasteiger partial charge >= 0.3 is 0 Å². The van der Waals surface area contributed by atoms with E-state index < -0.39 is 0 Å². The summed E-state index contributed by atoms with van der Waals surface area (Å²) in [6.45, 7) is 2.75. The molecule has 1 saturated heterocycles. The summed E-state index contributed by atoms with van der Waals surface area (Å²) in [4.78, 5) is 13.3. The average molecular weight is 194 g/mol. The van der Waals surface area contributed by atoms with E-state index in [1.165, 1.54) is 6.92 Å². The Morgan fingerprint density at radius 1 is 1.36 bits per heavy atom. The van der Waals surface area contributed by atoms with Gasteiger partial charge in [-0.3, -0.25) is 4.79 Å². The first-order chi connectivity index (χ1) is 6.66. The molecule has 1 N–H and O–H groups in total. The first-order valence-corrected chi connectivity index (χ1v) is 4.76. The zero-order valence-electron chi connectivity index (χ0n) is 8.29. The summed E-state index contributed by atoms with van der Waals surface area (Å²) in [5, 5.41) is 17.8. The highest BCUT2D eigenvalue weighted by atomic mass is 16.3. The highest BCUT2D eigenvalue weighted by molar-refractivity contribution is 5.97. The van der Waals surface area contributed by atoms with Gasteiger partial charge in [0.15, 0.2) is 5.57 Å². The van der Waals surface area contributed by atoms with E-state index in [-0.39, 0.29) is 17.2 Å². The Bertz CT molecular complexity index is 292. The van der Waals surface area contributed by atoms with E-state index in [1.807, 2.05) is 0 Å². The van der Waals surface area contributed by atoms with Crippen molar-refractivity contribution in [1.29, 1.82) is 5.26 Å². The zero-order valence-corrected chi connectivity index (χ0v) is 8.29. The van der Waals surface area contributed by atoms with E-state index in [1.54, 1.807) is 11.0 Å². The minimum atomic E-state index is -0.341. The number of nitriles is 1. The van der Waals surface area contributed by atoms with E-state index >= 15 is 0 Å². The molecule has 0 radical (unpaired) electrons. The van der Waals surface area contributed by atoms with Crippen LogP contribution in [0.2, 0.25) is 0 Å². The maximum atomic E-state index is 11.7. The Labute approximate surface area is 83.4 Å². The van der Waals surface area contributed by atoms with Gasteiger partial charge in [-0.1, -0.05) is 0 Å². The average Bonchev–Trinajstić information content (AvgIpc) is 2.19. The van der Waals surface area contributed by atoms with Crippen LogP contribution in [0, 0.1) is 11.3 Å². The molecule has 1 fully saturated rings. The number of aliphatic hydroxyl groups excluding tert-OH is 1. The number of nitrogens with zero attached hydrogens (tertiary/aromatic N) is 2. The molecule has 1 aliphatic heterocycles. The quantitative estimate of drug-likeness (QED) is 0.389. The van der Waals surface area contributed by atoms with Gasteiger partial charge in [-0.2, -0.15) is 5.26 Å². The largest absolute Gasteiger partial charge is 0.511 e. The van der Waals surface area contributed by atoms with Gasteiger partial charge in [0.25, 0.3) is 5.91 Å². The summed E-state index contributed by atoms with van der Waals surface area (Å²) >= 11 is 0. The van der Waals surface area contributed by atoms with Gasteiger partial charge in [-0.25, -0.2) is 0 Å². The highest BCUT2D eigenvalue weighted by Gasteiger charge is 2.21. The van der Waals surface area contributed by atoms with Crippen LogP contribution in [0.5, 0.6) is 0 Å². The molecular formula is C10H14N2O2. The number of carbonyl (C=O) groups excluding carboxylic acids is 1. The van der Waals surface area contributed by atoms with Gasteiger partial charge in [0.1, 0.15) is 11.8 Å². The maximum absolute atomic E-state index is 11.7. The van der Waals surface area contributed by atoms with Crippen LogP contribution in [-0.2, 0) is 4.79 Å². The summed E-state index contributed by atoms with van der Waals surface area (Å²) in [5.41, 5.74) is -0.132. The second-order valence-electron chi connectivity index (χ2n) is 3.43. The summed E-state index contributed by atoms with van der Waals surface area (Å²) < 4.78 is 0. The zero-order chi connectivity index (χ0) is 10.6. The van der Waals surface area contributed by atoms with Crippen LogP contribution in [-0.4, -0.2) is 29.0 Å². The summed E-state index contributed by atoms with van der Waals surface area (Å²) in [6, 6.07) is 1.74. The van der Waals surface area contributed by atoms with Crippen molar-refractivity contribution in [2.75, 3.05) is 13.1 Å². The summed E-state index contributed by atoms with van der Waals surface area (Å²) in [6.07, 6.45) is 3.09. The molecule has 0 atom stereocenters. The number of likely N-dealkylation sites (tertiary alicyclic amines) is 1. The first-order valence-electron chi connectivity index (χ1n) is 4.76. The third kappa shape index (κ3) is 2.25. The maximum Gasteiger partial charge on any atom is 0.267 e. The summed E-state index contributed by atoms with van der Waals surface area (Å²) in [5.74, 6) is -0.532. The van der Waals surface area contributed by atoms with E-state index in [0.29, 0.717) is 13.1 Å². The standard InChI is InChI=1S/C10H14N2O2/c1-8(13)9(7-11)10(14)12-5-3-2-4-6-12/h13H,2-6H2,1H3/b9-8-. The highest BCUT2D eigenvalue weighted by Crippen LogP contribution is 2.13. The predicted molar refractivity (Wildman–Crippen MR) is 51.4 cm³/mol. The van der Waals surface area contributed by atoms with Crippen molar-refractivity contribution in [3.05, 3.63) is 11.3 Å². The normalized spacial score (nSPS) is 18.4. The third-order valence-electron chi connectivity index (χ3n) is 2.33. The molecule has 76 valence electrons. The molecular weight excluding hydrogens is 180 g/mol. The van der Waals surface area contributed by atoms with Gasteiger partial charge in [-0.15, -0.1) is 0 Å². The number of rotatable bonds is 1. The second-order valence-corrected chi connectivity index (χ2v) is 3.43. The number of hydrogen-bond donors (Lipinski definition) is 1. The smallest absolute Gasteiger partial charge is 0.267 e. The number of carbonyl (C=O) groups is 1. The Balaban J connectivity index is 2.73. The molecule has 1 aliphatic rings. The lowest BCUT2D eigenvalue weighted by Gasteiger charge is -2.26. The molecule has 1 rings (SSSR count). The van der Waals surface area contributed by atoms with Gasteiger partial charge in [-0.05, 0) is 26.2 Å². The molecule has 1 heterocycles. The van der Waals surface area contributed by atoms with Crippen molar-refractivity contribution >= 4 is 5.91 Å². The second kappa shape index (κ2) is 4.66. The molecule has 0 aromatic heterocycles. The lowest BCUT2D eigenvalue weighted by Crippen LogP contribution is -2.36. The van der Waals surface area contributed by atoms with E-state index in [9.17, 15) is 4.79 Å². The number of hydrogen-bond acceptors (Lipinski definition) is 3. The van der Waals surface area contributed by atoms with E-state index in [4.69, 9.17) is 10.4 Å². The Kier molecular flexibility index (Phi) is 3.52. The number of aliphatic hydroxyl groups is 1. The van der Waals surface area contributed by atoms with E-state index in [0.717, 1.165) is 19.3 Å². The van der Waals surface area contributed by atoms with E-state index in [2.05, 4.69) is 0 Å². The minimum absolute atomic E-state index is 0.132. The molecule has 0 aliphatic carbocycles. The number of piperidine rings is 1. The lowest BCUT2D eigenvalue weighted by atomic mass is 10.1. The first kappa shape index (κ1) is 10.6. The fourth-order valence-corrected chi connectivity index (χ4v) is 1.54. The van der Waals surface area contributed by atoms with Gasteiger partial charge in [0.2, 0.25) is 0 Å². The molecule has 0 saturated carbocycles. The van der Waals surface area contributed by atoms with Crippen molar-refractivity contribution < 1.29 is 9.90 Å². The van der Waals surface area contributed by atoms with Crippen molar-refractivity contribution in [3.63, 3.8) is 0 Å². The predicted octanol–water partition coefficient (Wildman–Crippen LogP) is 1.35. The Morgan fingerprint density at radius 2 is 1.93 bits per heavy atom. The SMILES string of the molecule is C/C(O)=C(\C#N)C(=O)N1CCCCC1. The lowest BCUT2D eigenvalue weighted by molar-refractivity contribution is -0.127. The van der Waals surface area contributed by atoms with Gasteiger partial charge in [0, 0.05) is 13.1 Å². The van der Waals surface area contributed by atoms with Crippen LogP contribution in [0.1, 0.15) is 26.2 Å². The van der Waals surface area contributed by atoms with Crippen LogP contribution in [0.15, 0.2) is 11.3 Å². The van der Waals surface area contributed by atoms with Crippen molar-refractivity contribution in [3.8, 4) is 6.07 Å². The monoisotopic (exact) mass is 194 g/mol. The molecule has 4 heteroatoms. The van der Waals surface area contributed by atoms with Crippen LogP contribution >= 0.6 is 0 Å². The fraction of sp³-hybridized carbons (Fsp3) is 0.600. The Hall–Kier alpha value is -1.50. The van der Waals surface area contributed by atoms with Crippen LogP contribution in [0.4, 0.5) is 0 Å². The molecule has 14 heavy (non-hydrogen) atoms. The molecule has 0 aromatic rings. The third-order valence-corrected chi connectivity index (χ3v) is 2.33. The van der Waals surface area contributed by atoms with Gasteiger partial charge < -0.3 is 10.0 Å². The number of amides is 1. The van der Waals surface area contributed by atoms with Crippen molar-refractivity contribution in [2.45, 2.75) is 26.2 Å². The fourth-order valence-electron chi connectivity index (χ4n) is 1.54. The van der Waals surface area contributed by atoms with Crippen LogP contribution < -0.4 is 0 Å². The number of allylic oxidation sites excluding steroid dienone is 1. The van der Waals surface area contributed by atoms with Crippen LogP contribution in [0.25, 0.3) is 0 Å². The minimum Gasteiger partial charge on any atom is -0.511 e. The van der Waals surface area contributed by atoms with Crippen molar-refractivity contribution in [2.24, 2.45) is 0 Å². The molecule has 1 amide bonds. The molecule has 0 unspecified atom stereocenters. The van der Waals surface area contributed by atoms with Gasteiger partial charge in [0.05, 0.1) is 0 Å². The molecule has 0 spiro atoms. The summed E-state index contributed by atoms with van der Waals surface area (Å²) in [7, 11) is 0. The topological polar surface area (TPSA) is 64.3 Å². The Morgan fingerprint density at radius 3 is 2.36 bits per heavy atom. The van der Waals surface area contributed by atoms with Crippen LogP contribution in [0.3, 0.4) is 0 Å². The molecule has 0 aromatic carbocycles. The van der Waals surface area contributed by atoms with Crippen molar-refractivity contribution in [1.82, 2.24) is 4.90 Å². The molecule has 0 bridgehead atoms.